The number of nitrogens with zero attached hydrogens (tertiary/aromatic N) is 2. The summed E-state index contributed by atoms with van der Waals surface area (Å²) in [7, 11) is 0. The van der Waals surface area contributed by atoms with E-state index in [-0.39, 0.29) is 18.6 Å². The number of ether oxygens (including phenoxy) is 2. The molecule has 2 aromatic heterocycles. The maximum atomic E-state index is 13.4. The smallest absolute Gasteiger partial charge is 0.343 e. The number of hydrogen-bond donors (Lipinski definition) is 1. The standard InChI is InChI=1S/C25H24N2O5/c1-4-9-31-14-7-8-20-16(10-14)15(5-2)17-12-27-21(22(17)26-20)11-19-18(23(27)28)13-32-24(29)25(19,30)6-3/h4,7-8,10-11,30H,1,5-6,9,12-13H2,2-3H3. The highest BCUT2D eigenvalue weighted by Gasteiger charge is 2.45. The van der Waals surface area contributed by atoms with Gasteiger partial charge in [0.2, 0.25) is 0 Å². The lowest BCUT2D eigenvalue weighted by atomic mass is 9.86. The van der Waals surface area contributed by atoms with E-state index in [4.69, 9.17) is 14.5 Å². The number of carbonyl (C=O) groups is 1. The van der Waals surface area contributed by atoms with E-state index in [2.05, 4.69) is 13.5 Å². The van der Waals surface area contributed by atoms with Crippen LogP contribution in [0, 0.1) is 0 Å². The number of aryl methyl sites for hydroxylation is 1. The van der Waals surface area contributed by atoms with E-state index in [1.807, 2.05) is 18.2 Å². The Morgan fingerprint density at radius 3 is 2.81 bits per heavy atom. The molecule has 0 fully saturated rings. The van der Waals surface area contributed by atoms with E-state index in [1.165, 1.54) is 0 Å². The first-order chi connectivity index (χ1) is 15.4. The molecule has 0 aliphatic carbocycles. The van der Waals surface area contributed by atoms with Crippen LogP contribution in [-0.2, 0) is 34.7 Å². The maximum Gasteiger partial charge on any atom is 0.343 e. The molecule has 0 saturated heterocycles. The average Bonchev–Trinajstić information content (AvgIpc) is 3.17. The van der Waals surface area contributed by atoms with Crippen LogP contribution in [0.5, 0.6) is 5.75 Å². The Hall–Kier alpha value is -3.45. The molecule has 2 aliphatic heterocycles. The number of carbonyl (C=O) groups excluding carboxylic acids is 1. The zero-order chi connectivity index (χ0) is 22.6. The second kappa shape index (κ2) is 7.31. The highest BCUT2D eigenvalue weighted by molar-refractivity contribution is 5.90. The quantitative estimate of drug-likeness (QED) is 0.385. The van der Waals surface area contributed by atoms with Crippen LogP contribution in [0.3, 0.4) is 0 Å². The number of benzene rings is 1. The highest BCUT2D eigenvalue weighted by atomic mass is 16.6. The molecule has 1 unspecified atom stereocenters. The van der Waals surface area contributed by atoms with Crippen LogP contribution in [0.15, 0.2) is 41.7 Å². The fraction of sp³-hybridized carbons (Fsp3) is 0.320. The fourth-order valence-electron chi connectivity index (χ4n) is 4.79. The zero-order valence-electron chi connectivity index (χ0n) is 18.1. The van der Waals surface area contributed by atoms with Crippen molar-refractivity contribution in [2.45, 2.75) is 45.4 Å². The molecule has 0 radical (unpaired) electrons. The predicted molar refractivity (Wildman–Crippen MR) is 120 cm³/mol. The van der Waals surface area contributed by atoms with Crippen molar-refractivity contribution in [3.8, 4) is 17.1 Å². The second-order valence-corrected chi connectivity index (χ2v) is 8.15. The van der Waals surface area contributed by atoms with Crippen molar-refractivity contribution in [2.24, 2.45) is 0 Å². The summed E-state index contributed by atoms with van der Waals surface area (Å²) in [5, 5.41) is 12.0. The molecule has 0 bridgehead atoms. The van der Waals surface area contributed by atoms with Gasteiger partial charge in [-0.05, 0) is 42.7 Å². The van der Waals surface area contributed by atoms with Crippen molar-refractivity contribution in [1.82, 2.24) is 9.55 Å². The normalized spacial score (nSPS) is 18.7. The van der Waals surface area contributed by atoms with E-state index in [0.717, 1.165) is 34.2 Å². The number of pyridine rings is 2. The van der Waals surface area contributed by atoms with Crippen molar-refractivity contribution < 1.29 is 19.4 Å². The third-order valence-electron chi connectivity index (χ3n) is 6.50. The van der Waals surface area contributed by atoms with Gasteiger partial charge < -0.3 is 19.1 Å². The number of aliphatic hydroxyl groups is 1. The summed E-state index contributed by atoms with van der Waals surface area (Å²) in [6, 6.07) is 7.49. The van der Waals surface area contributed by atoms with Gasteiger partial charge >= 0.3 is 5.97 Å². The average molecular weight is 432 g/mol. The lowest BCUT2D eigenvalue weighted by Crippen LogP contribution is -2.44. The lowest BCUT2D eigenvalue weighted by molar-refractivity contribution is -0.172. The molecule has 1 N–H and O–H groups in total. The Bertz CT molecular complexity index is 1360. The zero-order valence-corrected chi connectivity index (χ0v) is 18.1. The molecule has 0 amide bonds. The molecule has 2 aliphatic rings. The Morgan fingerprint density at radius 1 is 1.28 bits per heavy atom. The topological polar surface area (TPSA) is 90.7 Å². The summed E-state index contributed by atoms with van der Waals surface area (Å²) in [6.07, 6.45) is 2.57. The van der Waals surface area contributed by atoms with Gasteiger partial charge in [0.05, 0.1) is 29.0 Å². The second-order valence-electron chi connectivity index (χ2n) is 8.15. The third kappa shape index (κ3) is 2.74. The van der Waals surface area contributed by atoms with Gasteiger partial charge in [0.1, 0.15) is 19.0 Å². The molecule has 1 aromatic carbocycles. The number of rotatable bonds is 5. The van der Waals surface area contributed by atoms with Gasteiger partial charge in [0, 0.05) is 16.5 Å². The molecule has 4 heterocycles. The highest BCUT2D eigenvalue weighted by Crippen LogP contribution is 2.40. The largest absolute Gasteiger partial charge is 0.490 e. The molecule has 3 aromatic rings. The minimum Gasteiger partial charge on any atom is -0.490 e. The Labute approximate surface area is 184 Å². The Kier molecular flexibility index (Phi) is 4.67. The SMILES string of the molecule is C=CCOc1ccc2nc3c(c(CC)c2c1)Cn1c-3cc2c(c1=O)COC(=O)C2(O)CC. The third-order valence-corrected chi connectivity index (χ3v) is 6.50. The number of fused-ring (bicyclic) bond motifs is 5. The van der Waals surface area contributed by atoms with E-state index in [0.29, 0.717) is 35.7 Å². The van der Waals surface area contributed by atoms with Crippen LogP contribution in [0.4, 0.5) is 0 Å². The molecule has 0 spiro atoms. The van der Waals surface area contributed by atoms with Crippen molar-refractivity contribution >= 4 is 16.9 Å². The van der Waals surface area contributed by atoms with Crippen molar-refractivity contribution in [2.75, 3.05) is 6.61 Å². The molecule has 164 valence electrons. The summed E-state index contributed by atoms with van der Waals surface area (Å²) in [5.74, 6) is 0.0171. The Morgan fingerprint density at radius 2 is 2.09 bits per heavy atom. The first kappa shape index (κ1) is 20.5. The van der Waals surface area contributed by atoms with Gasteiger partial charge in [-0.25, -0.2) is 9.78 Å². The van der Waals surface area contributed by atoms with Gasteiger partial charge in [0.25, 0.3) is 5.56 Å². The minimum atomic E-state index is -1.83. The summed E-state index contributed by atoms with van der Waals surface area (Å²) in [5.41, 5.74) is 2.79. The van der Waals surface area contributed by atoms with Gasteiger partial charge in [-0.2, -0.15) is 0 Å². The van der Waals surface area contributed by atoms with Gasteiger partial charge in [-0.3, -0.25) is 4.79 Å². The van der Waals surface area contributed by atoms with Gasteiger partial charge in [-0.1, -0.05) is 26.5 Å². The number of aromatic nitrogens is 2. The minimum absolute atomic E-state index is 0.118. The van der Waals surface area contributed by atoms with Crippen molar-refractivity contribution in [3.05, 3.63) is 69.5 Å². The van der Waals surface area contributed by atoms with Crippen molar-refractivity contribution in [1.29, 1.82) is 0 Å². The molecule has 1 atom stereocenters. The molecule has 7 heteroatoms. The van der Waals surface area contributed by atoms with E-state index < -0.39 is 11.6 Å². The monoisotopic (exact) mass is 432 g/mol. The van der Waals surface area contributed by atoms with Crippen LogP contribution >= 0.6 is 0 Å². The summed E-state index contributed by atoms with van der Waals surface area (Å²) < 4.78 is 12.5. The number of esters is 1. The van der Waals surface area contributed by atoms with Crippen LogP contribution < -0.4 is 10.3 Å². The van der Waals surface area contributed by atoms with E-state index in [9.17, 15) is 14.7 Å². The number of cyclic esters (lactones) is 1. The molecule has 5 rings (SSSR count). The van der Waals surface area contributed by atoms with Crippen LogP contribution in [0.1, 0.15) is 42.5 Å². The maximum absolute atomic E-state index is 13.4. The number of hydrogen-bond acceptors (Lipinski definition) is 6. The van der Waals surface area contributed by atoms with Crippen molar-refractivity contribution in [3.63, 3.8) is 0 Å². The van der Waals surface area contributed by atoms with E-state index in [1.54, 1.807) is 23.6 Å². The Balaban J connectivity index is 1.75. The molecule has 7 nitrogen and oxygen atoms in total. The summed E-state index contributed by atoms with van der Waals surface area (Å²) in [4.78, 5) is 30.6. The molecule has 32 heavy (non-hydrogen) atoms. The summed E-state index contributed by atoms with van der Waals surface area (Å²) >= 11 is 0. The first-order valence-corrected chi connectivity index (χ1v) is 10.8. The fourth-order valence-corrected chi connectivity index (χ4v) is 4.79. The van der Waals surface area contributed by atoms with Gasteiger partial charge in [-0.15, -0.1) is 0 Å². The molecular formula is C25H24N2O5. The van der Waals surface area contributed by atoms with Crippen LogP contribution in [0.2, 0.25) is 0 Å². The van der Waals surface area contributed by atoms with Crippen LogP contribution in [0.25, 0.3) is 22.3 Å². The van der Waals surface area contributed by atoms with E-state index >= 15 is 0 Å². The first-order valence-electron chi connectivity index (χ1n) is 10.8. The predicted octanol–water partition coefficient (Wildman–Crippen LogP) is 3.21. The van der Waals surface area contributed by atoms with Gasteiger partial charge in [0.15, 0.2) is 5.60 Å². The lowest BCUT2D eigenvalue weighted by Gasteiger charge is -2.31. The summed E-state index contributed by atoms with van der Waals surface area (Å²) in [6.45, 7) is 8.13. The molecule has 0 saturated carbocycles. The van der Waals surface area contributed by atoms with Crippen LogP contribution in [-0.4, -0.2) is 27.2 Å². The molecular weight excluding hydrogens is 408 g/mol.